The van der Waals surface area contributed by atoms with E-state index >= 15 is 0 Å². The van der Waals surface area contributed by atoms with Crippen LogP contribution >= 0.6 is 24.0 Å². The summed E-state index contributed by atoms with van der Waals surface area (Å²) >= 11 is 0. The van der Waals surface area contributed by atoms with Crippen LogP contribution in [0.15, 0.2) is 53.7 Å². The molecule has 0 aliphatic carbocycles. The number of rotatable bonds is 5. The van der Waals surface area contributed by atoms with E-state index in [1.54, 1.807) is 6.20 Å². The van der Waals surface area contributed by atoms with Gasteiger partial charge in [-0.2, -0.15) is 0 Å². The lowest BCUT2D eigenvalue weighted by molar-refractivity contribution is 0.272. The van der Waals surface area contributed by atoms with Crippen molar-refractivity contribution in [2.24, 2.45) is 10.9 Å². The van der Waals surface area contributed by atoms with Gasteiger partial charge in [-0.15, -0.1) is 24.0 Å². The molecule has 2 heterocycles. The van der Waals surface area contributed by atoms with E-state index in [-0.39, 0.29) is 24.0 Å². The number of likely N-dealkylation sites (tertiary alicyclic amines) is 1. The molecule has 2 aromatic rings. The normalized spacial score (nSPS) is 15.2. The molecule has 1 saturated heterocycles. The summed E-state index contributed by atoms with van der Waals surface area (Å²) in [6.45, 7) is 5.61. The molecule has 1 aromatic heterocycles. The molecule has 1 aliphatic rings. The monoisotopic (exact) mass is 480 g/mol. The lowest BCUT2D eigenvalue weighted by atomic mass is 10.00. The van der Waals surface area contributed by atoms with Crippen molar-refractivity contribution in [3.8, 4) is 5.88 Å². The first-order chi connectivity index (χ1) is 12.8. The van der Waals surface area contributed by atoms with Gasteiger partial charge in [0.15, 0.2) is 5.96 Å². The standard InChI is InChI=1S/C21H28N4O.HI/c1-17-10-13-25(14-11-17)21(22-2)24-15-19-9-6-12-23-20(19)26-16-18-7-4-3-5-8-18;/h3-9,12,17H,10-11,13-16H2,1-2H3,(H,22,24);1H. The fourth-order valence-corrected chi connectivity index (χ4v) is 3.14. The highest BCUT2D eigenvalue weighted by Crippen LogP contribution is 2.18. The Bertz CT molecular complexity index is 715. The second kappa shape index (κ2) is 11.1. The number of pyridine rings is 1. The highest BCUT2D eigenvalue weighted by Gasteiger charge is 2.18. The van der Waals surface area contributed by atoms with Gasteiger partial charge in [-0.3, -0.25) is 4.99 Å². The minimum atomic E-state index is 0. The molecule has 0 unspecified atom stereocenters. The zero-order valence-electron chi connectivity index (χ0n) is 16.1. The van der Waals surface area contributed by atoms with Gasteiger partial charge in [-0.1, -0.05) is 43.3 Å². The molecule has 3 rings (SSSR count). The molecule has 6 heteroatoms. The zero-order chi connectivity index (χ0) is 18.2. The average molecular weight is 480 g/mol. The Balaban J connectivity index is 0.00000261. The lowest BCUT2D eigenvalue weighted by Crippen LogP contribution is -2.45. The molecule has 1 aliphatic heterocycles. The van der Waals surface area contributed by atoms with E-state index < -0.39 is 0 Å². The summed E-state index contributed by atoms with van der Waals surface area (Å²) in [5.74, 6) is 2.43. The fraction of sp³-hybridized carbons (Fsp3) is 0.429. The minimum absolute atomic E-state index is 0. The van der Waals surface area contributed by atoms with Crippen molar-refractivity contribution >= 4 is 29.9 Å². The number of halogens is 1. The SMILES string of the molecule is CN=C(NCc1cccnc1OCc1ccccc1)N1CCC(C)CC1.I. The largest absolute Gasteiger partial charge is 0.473 e. The summed E-state index contributed by atoms with van der Waals surface area (Å²) in [6, 6.07) is 14.1. The van der Waals surface area contributed by atoms with Crippen LogP contribution in [0.2, 0.25) is 0 Å². The van der Waals surface area contributed by atoms with E-state index in [2.05, 4.69) is 39.2 Å². The van der Waals surface area contributed by atoms with E-state index in [0.717, 1.165) is 36.1 Å². The average Bonchev–Trinajstić information content (AvgIpc) is 2.69. The number of nitrogens with zero attached hydrogens (tertiary/aromatic N) is 3. The topological polar surface area (TPSA) is 49.8 Å². The van der Waals surface area contributed by atoms with Gasteiger partial charge >= 0.3 is 0 Å². The van der Waals surface area contributed by atoms with E-state index in [1.807, 2.05) is 37.4 Å². The quantitative estimate of drug-likeness (QED) is 0.398. The Morgan fingerprint density at radius 3 is 2.63 bits per heavy atom. The Hall–Kier alpha value is -1.83. The summed E-state index contributed by atoms with van der Waals surface area (Å²) in [7, 11) is 1.84. The molecule has 1 aromatic carbocycles. The van der Waals surface area contributed by atoms with Gasteiger partial charge in [-0.05, 0) is 30.4 Å². The third-order valence-corrected chi connectivity index (χ3v) is 4.80. The zero-order valence-corrected chi connectivity index (χ0v) is 18.4. The van der Waals surface area contributed by atoms with Crippen LogP contribution in [0.4, 0.5) is 0 Å². The molecule has 0 spiro atoms. The summed E-state index contributed by atoms with van der Waals surface area (Å²) in [5, 5.41) is 3.46. The third kappa shape index (κ3) is 6.37. The Kier molecular flexibility index (Phi) is 8.84. The smallest absolute Gasteiger partial charge is 0.218 e. The summed E-state index contributed by atoms with van der Waals surface area (Å²) in [5.41, 5.74) is 2.17. The van der Waals surface area contributed by atoms with Crippen molar-refractivity contribution in [2.75, 3.05) is 20.1 Å². The van der Waals surface area contributed by atoms with Gasteiger partial charge in [0.05, 0.1) is 0 Å². The number of nitrogens with one attached hydrogen (secondary N) is 1. The van der Waals surface area contributed by atoms with Gasteiger partial charge in [-0.25, -0.2) is 4.98 Å². The number of aromatic nitrogens is 1. The minimum Gasteiger partial charge on any atom is -0.473 e. The van der Waals surface area contributed by atoms with Crippen LogP contribution < -0.4 is 10.1 Å². The first-order valence-corrected chi connectivity index (χ1v) is 9.32. The van der Waals surface area contributed by atoms with E-state index in [0.29, 0.717) is 19.0 Å². The van der Waals surface area contributed by atoms with Crippen molar-refractivity contribution in [2.45, 2.75) is 32.9 Å². The van der Waals surface area contributed by atoms with Crippen molar-refractivity contribution in [3.05, 3.63) is 59.8 Å². The number of piperidine rings is 1. The predicted octanol–water partition coefficient (Wildman–Crippen LogP) is 4.09. The molecular formula is C21H29IN4O. The number of aliphatic imine (C=N–C) groups is 1. The molecule has 146 valence electrons. The molecule has 0 radical (unpaired) electrons. The van der Waals surface area contributed by atoms with Crippen LogP contribution in [0.25, 0.3) is 0 Å². The number of benzene rings is 1. The molecule has 0 bridgehead atoms. The van der Waals surface area contributed by atoms with Crippen molar-refractivity contribution in [1.82, 2.24) is 15.2 Å². The van der Waals surface area contributed by atoms with Gasteiger partial charge < -0.3 is 15.0 Å². The van der Waals surface area contributed by atoms with E-state index in [1.165, 1.54) is 12.8 Å². The van der Waals surface area contributed by atoms with Crippen molar-refractivity contribution in [3.63, 3.8) is 0 Å². The number of guanidine groups is 1. The van der Waals surface area contributed by atoms with Crippen LogP contribution in [-0.4, -0.2) is 36.0 Å². The molecular weight excluding hydrogens is 451 g/mol. The molecule has 0 amide bonds. The van der Waals surface area contributed by atoms with Crippen molar-refractivity contribution in [1.29, 1.82) is 0 Å². The molecule has 27 heavy (non-hydrogen) atoms. The molecule has 1 N–H and O–H groups in total. The van der Waals surface area contributed by atoms with Crippen LogP contribution in [0.1, 0.15) is 30.9 Å². The maximum atomic E-state index is 5.94. The van der Waals surface area contributed by atoms with E-state index in [9.17, 15) is 0 Å². The Morgan fingerprint density at radius 1 is 1.19 bits per heavy atom. The summed E-state index contributed by atoms with van der Waals surface area (Å²) < 4.78 is 5.94. The first kappa shape index (κ1) is 21.5. The molecule has 1 fully saturated rings. The number of ether oxygens (including phenoxy) is 1. The number of hydrogen-bond donors (Lipinski definition) is 1. The van der Waals surface area contributed by atoms with Gasteiger partial charge in [0.25, 0.3) is 0 Å². The van der Waals surface area contributed by atoms with Crippen LogP contribution in [0.5, 0.6) is 5.88 Å². The van der Waals surface area contributed by atoms with Crippen molar-refractivity contribution < 1.29 is 4.74 Å². The van der Waals surface area contributed by atoms with Crippen LogP contribution in [0, 0.1) is 5.92 Å². The summed E-state index contributed by atoms with van der Waals surface area (Å²) in [4.78, 5) is 11.2. The highest BCUT2D eigenvalue weighted by atomic mass is 127. The molecule has 0 saturated carbocycles. The van der Waals surface area contributed by atoms with Gasteiger partial charge in [0.2, 0.25) is 5.88 Å². The first-order valence-electron chi connectivity index (χ1n) is 9.32. The second-order valence-corrected chi connectivity index (χ2v) is 6.81. The summed E-state index contributed by atoms with van der Waals surface area (Å²) in [6.07, 6.45) is 4.21. The number of hydrogen-bond acceptors (Lipinski definition) is 3. The van der Waals surface area contributed by atoms with Crippen LogP contribution in [-0.2, 0) is 13.2 Å². The van der Waals surface area contributed by atoms with E-state index in [4.69, 9.17) is 4.74 Å². The maximum Gasteiger partial charge on any atom is 0.218 e. The molecule has 0 atom stereocenters. The van der Waals surface area contributed by atoms with Gasteiger partial charge in [0.1, 0.15) is 6.61 Å². The van der Waals surface area contributed by atoms with Crippen LogP contribution in [0.3, 0.4) is 0 Å². The molecule has 5 nitrogen and oxygen atoms in total. The van der Waals surface area contributed by atoms with Gasteiger partial charge in [0, 0.05) is 38.4 Å². The predicted molar refractivity (Wildman–Crippen MR) is 121 cm³/mol. The Labute approximate surface area is 179 Å². The third-order valence-electron chi connectivity index (χ3n) is 4.80. The lowest BCUT2D eigenvalue weighted by Gasteiger charge is -2.33. The highest BCUT2D eigenvalue weighted by molar-refractivity contribution is 14.0. The maximum absolute atomic E-state index is 5.94. The fourth-order valence-electron chi connectivity index (χ4n) is 3.14. The Morgan fingerprint density at radius 2 is 1.93 bits per heavy atom. The second-order valence-electron chi connectivity index (χ2n) is 6.81.